The number of alkyl halides is 3. The van der Waals surface area contributed by atoms with E-state index in [4.69, 9.17) is 71.8 Å². The van der Waals surface area contributed by atoms with Gasteiger partial charge in [-0.15, -0.1) is 0 Å². The third-order valence-electron chi connectivity index (χ3n) is 3.01. The fourth-order valence-electron chi connectivity index (χ4n) is 2.05. The van der Waals surface area contributed by atoms with Gasteiger partial charge in [0.1, 0.15) is 0 Å². The highest BCUT2D eigenvalue weighted by Gasteiger charge is 2.44. The number of amides is 1. The molecule has 0 spiro atoms. The third-order valence-corrected chi connectivity index (χ3v) is 6.59. The number of ether oxygens (including phenoxy) is 1. The second-order valence-electron chi connectivity index (χ2n) is 6.36. The van der Waals surface area contributed by atoms with Gasteiger partial charge in [-0.1, -0.05) is 64.1 Å². The number of nitrogens with one attached hydrogen (secondary N) is 1. The average Bonchev–Trinajstić information content (AvgIpc) is 2.50. The monoisotopic (exact) mass is 529 g/mol. The Balaban J connectivity index is 3.37. The predicted molar refractivity (Wildman–Crippen MR) is 115 cm³/mol. The van der Waals surface area contributed by atoms with E-state index in [9.17, 15) is 14.5 Å². The first kappa shape index (κ1) is 27.1. The van der Waals surface area contributed by atoms with Crippen LogP contribution in [0.25, 0.3) is 0 Å². The van der Waals surface area contributed by atoms with Gasteiger partial charge >= 0.3 is 13.7 Å². The van der Waals surface area contributed by atoms with Crippen LogP contribution in [0.4, 0.5) is 4.79 Å². The number of alkyl carbamates (subject to hydrolysis) is 1. The Morgan fingerprint density at radius 2 is 1.62 bits per heavy atom. The Morgan fingerprint density at radius 1 is 1.10 bits per heavy atom. The molecule has 0 saturated heterocycles. The van der Waals surface area contributed by atoms with Crippen LogP contribution in [0.5, 0.6) is 0 Å². The predicted octanol–water partition coefficient (Wildman–Crippen LogP) is 6.45. The molecule has 0 aliphatic heterocycles. The first-order valence-electron chi connectivity index (χ1n) is 8.29. The molecule has 29 heavy (non-hydrogen) atoms. The van der Waals surface area contributed by atoms with E-state index >= 15 is 0 Å². The second-order valence-corrected chi connectivity index (χ2v) is 11.5. The van der Waals surface area contributed by atoms with Crippen LogP contribution in [0.2, 0.25) is 10.0 Å². The van der Waals surface area contributed by atoms with Gasteiger partial charge in [0.05, 0.1) is 12.2 Å². The summed E-state index contributed by atoms with van der Waals surface area (Å²) in [5, 5.41) is 12.0. The van der Waals surface area contributed by atoms with Crippen LogP contribution < -0.4 is 5.32 Å². The van der Waals surface area contributed by atoms with E-state index in [0.29, 0.717) is 5.02 Å². The van der Waals surface area contributed by atoms with Crippen molar-refractivity contribution in [3.05, 3.63) is 33.8 Å². The number of hydrogen-bond acceptors (Lipinski definition) is 6. The molecule has 0 heterocycles. The van der Waals surface area contributed by atoms with Gasteiger partial charge in [-0.05, 0) is 39.8 Å². The normalized spacial score (nSPS) is 14.8. The SMILES string of the molecule is CC(C)OP(=O)(OC(C)C)[C@H](OC(=O)N[C@@H](O)C(Cl)(Cl)Cl)c1ccc(Cl)cc1Cl. The molecule has 0 unspecified atom stereocenters. The summed E-state index contributed by atoms with van der Waals surface area (Å²) in [5.41, 5.74) is 0.110. The number of benzene rings is 1. The van der Waals surface area contributed by atoms with Crippen molar-refractivity contribution in [2.75, 3.05) is 0 Å². The highest BCUT2D eigenvalue weighted by atomic mass is 35.6. The molecule has 0 saturated carbocycles. The summed E-state index contributed by atoms with van der Waals surface area (Å²) in [7, 11) is -4.13. The zero-order chi connectivity index (χ0) is 22.6. The van der Waals surface area contributed by atoms with Crippen molar-refractivity contribution in [1.29, 1.82) is 0 Å². The van der Waals surface area contributed by atoms with Gasteiger partial charge in [-0.3, -0.25) is 9.88 Å². The number of aliphatic hydroxyl groups is 1. The smallest absolute Gasteiger partial charge is 0.410 e. The van der Waals surface area contributed by atoms with Crippen molar-refractivity contribution in [3.8, 4) is 0 Å². The summed E-state index contributed by atoms with van der Waals surface area (Å²) in [6.45, 7) is 6.51. The summed E-state index contributed by atoms with van der Waals surface area (Å²) >= 11 is 28.7. The molecule has 1 rings (SSSR count). The molecule has 1 aromatic carbocycles. The molecule has 0 aromatic heterocycles. The van der Waals surface area contributed by atoms with Gasteiger partial charge < -0.3 is 18.9 Å². The third kappa shape index (κ3) is 8.60. The van der Waals surface area contributed by atoms with Crippen LogP contribution in [0.15, 0.2) is 18.2 Å². The minimum absolute atomic E-state index is 0.0529. The van der Waals surface area contributed by atoms with Crippen LogP contribution in [0.1, 0.15) is 39.1 Å². The molecule has 2 N–H and O–H groups in total. The molecule has 166 valence electrons. The largest absolute Gasteiger partial charge is 0.428 e. The van der Waals surface area contributed by atoms with Crippen LogP contribution in [0, 0.1) is 0 Å². The van der Waals surface area contributed by atoms with E-state index < -0.39 is 41.8 Å². The van der Waals surface area contributed by atoms with Crippen molar-refractivity contribution in [1.82, 2.24) is 5.32 Å². The molecule has 0 aliphatic rings. The first-order valence-corrected chi connectivity index (χ1v) is 11.8. The van der Waals surface area contributed by atoms with E-state index in [1.54, 1.807) is 27.7 Å². The molecule has 0 bridgehead atoms. The van der Waals surface area contributed by atoms with E-state index in [2.05, 4.69) is 0 Å². The minimum atomic E-state index is -4.13. The van der Waals surface area contributed by atoms with E-state index in [1.807, 2.05) is 5.32 Å². The van der Waals surface area contributed by atoms with Crippen molar-refractivity contribution < 1.29 is 28.3 Å². The molecule has 7 nitrogen and oxygen atoms in total. The van der Waals surface area contributed by atoms with Gasteiger partial charge in [0.15, 0.2) is 6.23 Å². The Kier molecular flexibility index (Phi) is 10.3. The zero-order valence-corrected chi connectivity index (χ0v) is 20.5. The number of carbonyl (C=O) groups excluding carboxylic acids is 1. The highest BCUT2D eigenvalue weighted by molar-refractivity contribution is 7.54. The molecule has 1 aromatic rings. The lowest BCUT2D eigenvalue weighted by Gasteiger charge is -2.30. The van der Waals surface area contributed by atoms with Crippen molar-refractivity contribution in [2.24, 2.45) is 0 Å². The highest BCUT2D eigenvalue weighted by Crippen LogP contribution is 2.64. The second kappa shape index (κ2) is 11.1. The van der Waals surface area contributed by atoms with Gasteiger partial charge in [0.25, 0.3) is 0 Å². The lowest BCUT2D eigenvalue weighted by molar-refractivity contribution is 0.0640. The number of halogens is 5. The lowest BCUT2D eigenvalue weighted by Crippen LogP contribution is -2.44. The fourth-order valence-corrected chi connectivity index (χ4v) is 5.04. The fraction of sp³-hybridized carbons (Fsp3) is 0.562. The molecule has 13 heteroatoms. The number of rotatable bonds is 8. The van der Waals surface area contributed by atoms with Crippen molar-refractivity contribution >= 4 is 71.7 Å². The maximum absolute atomic E-state index is 13.6. The van der Waals surface area contributed by atoms with Gasteiger partial charge in [0, 0.05) is 15.6 Å². The quantitative estimate of drug-likeness (QED) is 0.228. The van der Waals surface area contributed by atoms with E-state index in [1.165, 1.54) is 18.2 Å². The summed E-state index contributed by atoms with van der Waals surface area (Å²) < 4.78 is 27.7. The molecule has 0 fully saturated rings. The Labute approximate surface area is 194 Å². The van der Waals surface area contributed by atoms with Crippen molar-refractivity contribution in [2.45, 2.75) is 55.8 Å². The molecular weight excluding hydrogens is 510 g/mol. The Hall–Kier alpha value is 0.0500. The number of aliphatic hydroxyl groups excluding tert-OH is 1. The van der Waals surface area contributed by atoms with E-state index in [-0.39, 0.29) is 10.6 Å². The molecular formula is C16H21Cl5NO6P. The minimum Gasteiger partial charge on any atom is -0.428 e. The summed E-state index contributed by atoms with van der Waals surface area (Å²) in [5.74, 6) is -1.60. The standard InChI is InChI=1S/C16H21Cl5NO6P/c1-8(2)27-29(25,28-9(3)4)13(11-6-5-10(17)7-12(11)18)26-15(24)22-14(23)16(19,20)21/h5-9,13-14,23H,1-4H3,(H,22,24)/t13-,14-/m0/s1. The summed E-state index contributed by atoms with van der Waals surface area (Å²) in [6, 6.07) is 4.24. The zero-order valence-electron chi connectivity index (χ0n) is 15.9. The average molecular weight is 532 g/mol. The van der Waals surface area contributed by atoms with Crippen LogP contribution >= 0.6 is 65.6 Å². The molecule has 0 aliphatic carbocycles. The van der Waals surface area contributed by atoms with Crippen LogP contribution in [-0.2, 0) is 18.3 Å². The topological polar surface area (TPSA) is 94.1 Å². The van der Waals surface area contributed by atoms with Gasteiger partial charge in [0.2, 0.25) is 9.64 Å². The summed E-state index contributed by atoms with van der Waals surface area (Å²) in [4.78, 5) is 12.3. The maximum atomic E-state index is 13.6. The number of hydrogen-bond donors (Lipinski definition) is 2. The van der Waals surface area contributed by atoms with E-state index in [0.717, 1.165) is 0 Å². The van der Waals surface area contributed by atoms with Crippen LogP contribution in [0.3, 0.4) is 0 Å². The molecule has 0 radical (unpaired) electrons. The van der Waals surface area contributed by atoms with Crippen LogP contribution in [-0.4, -0.2) is 33.4 Å². The van der Waals surface area contributed by atoms with Gasteiger partial charge in [-0.2, -0.15) is 0 Å². The maximum Gasteiger partial charge on any atom is 0.410 e. The Morgan fingerprint density at radius 3 is 2.03 bits per heavy atom. The first-order chi connectivity index (χ1) is 13.2. The summed E-state index contributed by atoms with van der Waals surface area (Å²) in [6.07, 6.45) is -4.25. The Bertz CT molecular complexity index is 744. The lowest BCUT2D eigenvalue weighted by atomic mass is 10.2. The molecule has 2 atom stereocenters. The van der Waals surface area contributed by atoms with Gasteiger partial charge in [-0.25, -0.2) is 4.79 Å². The molecule has 1 amide bonds. The van der Waals surface area contributed by atoms with Crippen molar-refractivity contribution in [3.63, 3.8) is 0 Å². The number of carbonyl (C=O) groups is 1.